The van der Waals surface area contributed by atoms with E-state index in [1.165, 1.54) is 0 Å². The van der Waals surface area contributed by atoms with Crippen molar-refractivity contribution in [3.8, 4) is 0 Å². The van der Waals surface area contributed by atoms with Crippen LogP contribution in [-0.2, 0) is 18.3 Å². The van der Waals surface area contributed by atoms with Crippen molar-refractivity contribution in [2.45, 2.75) is 32.6 Å². The maximum absolute atomic E-state index is 10.7. The van der Waals surface area contributed by atoms with Gasteiger partial charge in [-0.15, -0.1) is 0 Å². The molecular formula is C10H16N2O. The third kappa shape index (κ3) is 3.40. The van der Waals surface area contributed by atoms with Gasteiger partial charge in [-0.05, 0) is 19.8 Å². The van der Waals surface area contributed by atoms with E-state index >= 15 is 0 Å². The number of carbonyl (C=O) groups is 1. The molecule has 13 heavy (non-hydrogen) atoms. The normalized spacial score (nSPS) is 10.3. The fraction of sp³-hybridized carbons (Fsp3) is 0.600. The van der Waals surface area contributed by atoms with Gasteiger partial charge in [0.05, 0.1) is 0 Å². The molecular weight excluding hydrogens is 164 g/mol. The summed E-state index contributed by atoms with van der Waals surface area (Å²) in [4.78, 5) is 14.9. The van der Waals surface area contributed by atoms with Crippen LogP contribution in [0.2, 0.25) is 0 Å². The van der Waals surface area contributed by atoms with Crippen molar-refractivity contribution in [1.82, 2.24) is 9.55 Å². The molecule has 0 bridgehead atoms. The van der Waals surface area contributed by atoms with Crippen molar-refractivity contribution in [3.63, 3.8) is 0 Å². The van der Waals surface area contributed by atoms with Gasteiger partial charge in [0.25, 0.3) is 0 Å². The molecule has 0 N–H and O–H groups in total. The Bertz CT molecular complexity index is 278. The number of unbranched alkanes of at least 4 members (excludes halogenated alkanes) is 1. The topological polar surface area (TPSA) is 34.9 Å². The second-order valence-corrected chi connectivity index (χ2v) is 3.36. The van der Waals surface area contributed by atoms with Crippen molar-refractivity contribution in [2.24, 2.45) is 7.05 Å². The number of ketones is 1. The second-order valence-electron chi connectivity index (χ2n) is 3.36. The number of rotatable bonds is 5. The Morgan fingerprint density at radius 3 is 2.85 bits per heavy atom. The summed E-state index contributed by atoms with van der Waals surface area (Å²) in [5.74, 6) is 1.38. The highest BCUT2D eigenvalue weighted by atomic mass is 16.1. The minimum absolute atomic E-state index is 0.278. The van der Waals surface area contributed by atoms with Crippen LogP contribution in [-0.4, -0.2) is 15.3 Å². The van der Waals surface area contributed by atoms with Gasteiger partial charge in [0.2, 0.25) is 0 Å². The van der Waals surface area contributed by atoms with Crippen LogP contribution in [0.15, 0.2) is 12.4 Å². The van der Waals surface area contributed by atoms with Crippen LogP contribution >= 0.6 is 0 Å². The minimum Gasteiger partial charge on any atom is -0.338 e. The molecule has 0 unspecified atom stereocenters. The van der Waals surface area contributed by atoms with Crippen molar-refractivity contribution in [1.29, 1.82) is 0 Å². The highest BCUT2D eigenvalue weighted by molar-refractivity contribution is 5.75. The molecule has 0 atom stereocenters. The monoisotopic (exact) mass is 180 g/mol. The van der Waals surface area contributed by atoms with Crippen molar-refractivity contribution < 1.29 is 4.79 Å². The molecule has 3 nitrogen and oxygen atoms in total. The molecule has 0 aliphatic heterocycles. The zero-order valence-electron chi connectivity index (χ0n) is 8.29. The fourth-order valence-electron chi connectivity index (χ4n) is 1.29. The van der Waals surface area contributed by atoms with Gasteiger partial charge in [-0.1, -0.05) is 0 Å². The van der Waals surface area contributed by atoms with Gasteiger partial charge >= 0.3 is 0 Å². The Balaban J connectivity index is 2.20. The molecule has 1 heterocycles. The number of imidazole rings is 1. The smallest absolute Gasteiger partial charge is 0.129 e. The van der Waals surface area contributed by atoms with Crippen LogP contribution in [0.3, 0.4) is 0 Å². The first-order chi connectivity index (χ1) is 6.20. The number of hydrogen-bond acceptors (Lipinski definition) is 2. The van der Waals surface area contributed by atoms with Crippen LogP contribution < -0.4 is 0 Å². The maximum atomic E-state index is 10.7. The van der Waals surface area contributed by atoms with Crippen LogP contribution in [0, 0.1) is 0 Å². The lowest BCUT2D eigenvalue weighted by atomic mass is 10.1. The van der Waals surface area contributed by atoms with Gasteiger partial charge in [0, 0.05) is 32.3 Å². The summed E-state index contributed by atoms with van der Waals surface area (Å²) in [6.45, 7) is 1.64. The third-order valence-electron chi connectivity index (χ3n) is 2.10. The van der Waals surface area contributed by atoms with Gasteiger partial charge in [0.15, 0.2) is 0 Å². The molecule has 0 aliphatic rings. The number of hydrogen-bond donors (Lipinski definition) is 0. The van der Waals surface area contributed by atoms with E-state index < -0.39 is 0 Å². The first-order valence-corrected chi connectivity index (χ1v) is 4.66. The lowest BCUT2D eigenvalue weighted by molar-refractivity contribution is -0.117. The molecule has 0 aromatic carbocycles. The highest BCUT2D eigenvalue weighted by Crippen LogP contribution is 2.03. The zero-order chi connectivity index (χ0) is 9.68. The third-order valence-corrected chi connectivity index (χ3v) is 2.10. The second kappa shape index (κ2) is 4.80. The van der Waals surface area contributed by atoms with Crippen LogP contribution in [0.25, 0.3) is 0 Å². The largest absolute Gasteiger partial charge is 0.338 e. The quantitative estimate of drug-likeness (QED) is 0.647. The highest BCUT2D eigenvalue weighted by Gasteiger charge is 1.99. The molecule has 1 aromatic rings. The summed E-state index contributed by atoms with van der Waals surface area (Å²) in [6.07, 6.45) is 7.44. The SMILES string of the molecule is CC(=O)CCCCc1nccn1C. The predicted octanol–water partition coefficient (Wildman–Crippen LogP) is 1.72. The van der Waals surface area contributed by atoms with Gasteiger partial charge in [-0.3, -0.25) is 0 Å². The first kappa shape index (κ1) is 9.96. The molecule has 3 heteroatoms. The maximum Gasteiger partial charge on any atom is 0.129 e. The average molecular weight is 180 g/mol. The van der Waals surface area contributed by atoms with Crippen LogP contribution in [0.4, 0.5) is 0 Å². The summed E-state index contributed by atoms with van der Waals surface area (Å²) in [5.41, 5.74) is 0. The summed E-state index contributed by atoms with van der Waals surface area (Å²) in [6, 6.07) is 0. The fourth-order valence-corrected chi connectivity index (χ4v) is 1.29. The van der Waals surface area contributed by atoms with E-state index in [9.17, 15) is 4.79 Å². The van der Waals surface area contributed by atoms with E-state index in [1.807, 2.05) is 17.8 Å². The summed E-state index contributed by atoms with van der Waals surface area (Å²) >= 11 is 0. The number of aromatic nitrogens is 2. The summed E-state index contributed by atoms with van der Waals surface area (Å²) in [7, 11) is 1.99. The molecule has 0 saturated carbocycles. The lowest BCUT2D eigenvalue weighted by Crippen LogP contribution is -1.98. The number of nitrogens with zero attached hydrogens (tertiary/aromatic N) is 2. The average Bonchev–Trinajstić information content (AvgIpc) is 2.45. The van der Waals surface area contributed by atoms with Gasteiger partial charge < -0.3 is 9.36 Å². The summed E-state index contributed by atoms with van der Waals surface area (Å²) < 4.78 is 2.02. The molecule has 72 valence electrons. The number of aryl methyl sites for hydroxylation is 2. The zero-order valence-corrected chi connectivity index (χ0v) is 8.29. The van der Waals surface area contributed by atoms with E-state index in [-0.39, 0.29) is 5.78 Å². The van der Waals surface area contributed by atoms with Crippen molar-refractivity contribution in [3.05, 3.63) is 18.2 Å². The number of carbonyl (C=O) groups excluding carboxylic acids is 1. The minimum atomic E-state index is 0.278. The van der Waals surface area contributed by atoms with E-state index in [4.69, 9.17) is 0 Å². The molecule has 0 amide bonds. The molecule has 0 radical (unpaired) electrons. The number of Topliss-reactive ketones (excluding diaryl/α,β-unsaturated/α-hetero) is 1. The Hall–Kier alpha value is -1.12. The van der Waals surface area contributed by atoms with Crippen molar-refractivity contribution >= 4 is 5.78 Å². The van der Waals surface area contributed by atoms with E-state index in [0.29, 0.717) is 6.42 Å². The molecule has 0 fully saturated rings. The van der Waals surface area contributed by atoms with E-state index in [0.717, 1.165) is 25.1 Å². The molecule has 1 aromatic heterocycles. The molecule has 1 rings (SSSR count). The van der Waals surface area contributed by atoms with Gasteiger partial charge in [-0.25, -0.2) is 4.98 Å². The van der Waals surface area contributed by atoms with Gasteiger partial charge in [-0.2, -0.15) is 0 Å². The Morgan fingerprint density at radius 1 is 1.54 bits per heavy atom. The van der Waals surface area contributed by atoms with E-state index in [2.05, 4.69) is 4.98 Å². The molecule has 0 saturated heterocycles. The predicted molar refractivity (Wildman–Crippen MR) is 51.4 cm³/mol. The van der Waals surface area contributed by atoms with E-state index in [1.54, 1.807) is 13.1 Å². The Morgan fingerprint density at radius 2 is 2.31 bits per heavy atom. The van der Waals surface area contributed by atoms with Crippen LogP contribution in [0.5, 0.6) is 0 Å². The van der Waals surface area contributed by atoms with Gasteiger partial charge in [0.1, 0.15) is 11.6 Å². The first-order valence-electron chi connectivity index (χ1n) is 4.66. The lowest BCUT2D eigenvalue weighted by Gasteiger charge is -2.00. The Kier molecular flexibility index (Phi) is 3.68. The Labute approximate surface area is 78.8 Å². The summed E-state index contributed by atoms with van der Waals surface area (Å²) in [5, 5.41) is 0. The standard InChI is InChI=1S/C10H16N2O/c1-9(13)5-3-4-6-10-11-7-8-12(10)2/h7-8H,3-6H2,1-2H3. The van der Waals surface area contributed by atoms with Crippen molar-refractivity contribution in [2.75, 3.05) is 0 Å². The molecule has 0 aliphatic carbocycles. The molecule has 0 spiro atoms. The van der Waals surface area contributed by atoms with Crippen LogP contribution in [0.1, 0.15) is 32.0 Å².